The zero-order valence-electron chi connectivity index (χ0n) is 22.8. The molecule has 1 aliphatic carbocycles. The summed E-state index contributed by atoms with van der Waals surface area (Å²) in [6, 6.07) is 14.4. The smallest absolute Gasteiger partial charge is 0.200 e. The predicted molar refractivity (Wildman–Crippen MR) is 155 cm³/mol. The number of hydrogen-bond donors (Lipinski definition) is 0. The first-order valence-corrected chi connectivity index (χ1v) is 15.6. The molecule has 3 aromatic rings. The highest BCUT2D eigenvalue weighted by Crippen LogP contribution is 2.62. The summed E-state index contributed by atoms with van der Waals surface area (Å²) in [5, 5.41) is 13.6. The summed E-state index contributed by atoms with van der Waals surface area (Å²) in [4.78, 5) is 14.4. The van der Waals surface area contributed by atoms with E-state index in [0.717, 1.165) is 57.3 Å². The number of carbonyl (C=O) groups excluding carboxylic acids is 1. The van der Waals surface area contributed by atoms with Gasteiger partial charge in [0.15, 0.2) is 18.8 Å². The molecule has 42 heavy (non-hydrogen) atoms. The Morgan fingerprint density at radius 2 is 1.69 bits per heavy atom. The van der Waals surface area contributed by atoms with Crippen molar-refractivity contribution in [3.8, 4) is 0 Å². The van der Waals surface area contributed by atoms with Crippen LogP contribution in [0.5, 0.6) is 0 Å². The standard InChI is InChI=1S/C33H26F3N2O3P/c1-19-30(34)28(29(33(39)40)32(36)31(19)35)27-23-11-9-20(37-13-5-14-37)17-25(23)42(41,22-7-3-2-4-8-22)26-18-21(10-12-24(26)27)38-15-6-16-38/h2-4,7-12,17-18H,5-6,13-16H2,1H3. The number of allylic oxidation sites excluding steroid dienone is 5. The maximum absolute atomic E-state index is 16.1. The largest absolute Gasteiger partial charge is 0.545 e. The predicted octanol–water partition coefficient (Wildman–Crippen LogP) is 4.43. The Bertz CT molecular complexity index is 1880. The molecular weight excluding hydrogens is 560 g/mol. The van der Waals surface area contributed by atoms with Crippen molar-refractivity contribution in [1.82, 2.24) is 0 Å². The summed E-state index contributed by atoms with van der Waals surface area (Å²) >= 11 is 0. The van der Waals surface area contributed by atoms with E-state index in [-0.39, 0.29) is 5.57 Å². The summed E-state index contributed by atoms with van der Waals surface area (Å²) in [6.45, 7) is 4.37. The van der Waals surface area contributed by atoms with Gasteiger partial charge in [-0.05, 0) is 42.7 Å². The molecule has 3 aliphatic heterocycles. The average molecular weight is 587 g/mol. The third kappa shape index (κ3) is 3.74. The molecule has 0 aromatic heterocycles. The number of hydrogen-bond acceptors (Lipinski definition) is 4. The van der Waals surface area contributed by atoms with Crippen molar-refractivity contribution in [3.63, 3.8) is 0 Å². The fourth-order valence-corrected chi connectivity index (χ4v) is 9.28. The number of aromatic carboxylic acids is 1. The van der Waals surface area contributed by atoms with Gasteiger partial charge in [-0.3, -0.25) is 0 Å². The Kier molecular flexibility index (Phi) is 6.17. The van der Waals surface area contributed by atoms with E-state index in [2.05, 4.69) is 9.48 Å². The number of halogens is 3. The topological polar surface area (TPSA) is 63.4 Å². The van der Waals surface area contributed by atoms with Crippen LogP contribution in [0.3, 0.4) is 0 Å². The summed E-state index contributed by atoms with van der Waals surface area (Å²) in [6.07, 6.45) is 7.36. The van der Waals surface area contributed by atoms with Gasteiger partial charge >= 0.3 is 0 Å². The molecule has 5 nitrogen and oxygen atoms in total. The van der Waals surface area contributed by atoms with E-state index in [1.54, 1.807) is 36.4 Å². The number of carboxylic acids is 1. The molecule has 0 spiro atoms. The number of carboxylic acid groups (broad SMARTS) is 1. The first-order valence-electron chi connectivity index (χ1n) is 13.9. The van der Waals surface area contributed by atoms with Crippen LogP contribution in [-0.2, 0) is 4.57 Å². The lowest BCUT2D eigenvalue weighted by atomic mass is 9.85. The van der Waals surface area contributed by atoms with Crippen molar-refractivity contribution < 1.29 is 32.2 Å². The second kappa shape index (κ2) is 9.70. The van der Waals surface area contributed by atoms with Crippen LogP contribution < -0.4 is 20.6 Å². The van der Waals surface area contributed by atoms with E-state index >= 15 is 13.3 Å². The molecular formula is C33H26F3N2O3P. The van der Waals surface area contributed by atoms with Crippen LogP contribution in [0, 0.1) is 24.4 Å². The summed E-state index contributed by atoms with van der Waals surface area (Å²) in [5.74, 6) is -6.51. The Morgan fingerprint density at radius 1 is 0.952 bits per heavy atom. The maximum Gasteiger partial charge on any atom is 0.200 e. The van der Waals surface area contributed by atoms with Crippen molar-refractivity contribution in [2.45, 2.75) is 19.8 Å². The molecule has 0 N–H and O–H groups in total. The molecule has 2 saturated heterocycles. The molecule has 7 rings (SSSR count). The van der Waals surface area contributed by atoms with Crippen molar-refractivity contribution >= 4 is 40.7 Å². The lowest BCUT2D eigenvalue weighted by Gasteiger charge is -2.37. The second-order valence-corrected chi connectivity index (χ2v) is 13.7. The highest BCUT2D eigenvalue weighted by molar-refractivity contribution is 7.83. The molecule has 212 valence electrons. The van der Waals surface area contributed by atoms with Gasteiger partial charge in [-0.25, -0.2) is 17.7 Å². The highest BCUT2D eigenvalue weighted by atomic mass is 31.2. The average Bonchev–Trinajstić information content (AvgIpc) is 2.93. The minimum absolute atomic E-state index is 0.0476. The third-order valence-electron chi connectivity index (χ3n) is 8.74. The summed E-state index contributed by atoms with van der Waals surface area (Å²) in [7, 11) is -3.62. The number of carbonyl (C=O) groups is 1. The SMILES string of the molecule is Cc1c(F)c(F)c(C(=O)[O-])c(C2=C3C=CC(=[N+]4CCC4)C=C3P(=O)(c3ccccc3)c3cc(N4CCC4)ccc32)c1F. The lowest BCUT2D eigenvalue weighted by Crippen LogP contribution is -2.38. The fraction of sp³-hybridized carbons (Fsp3) is 0.212. The molecule has 9 heteroatoms. The molecule has 2 fully saturated rings. The molecule has 1 atom stereocenters. The Morgan fingerprint density at radius 3 is 2.31 bits per heavy atom. The fourth-order valence-electron chi connectivity index (χ4n) is 6.19. The van der Waals surface area contributed by atoms with Crippen LogP contribution >= 0.6 is 7.14 Å². The van der Waals surface area contributed by atoms with E-state index in [1.165, 1.54) is 0 Å². The monoisotopic (exact) mass is 586 g/mol. The van der Waals surface area contributed by atoms with Gasteiger partial charge in [-0.2, -0.15) is 0 Å². The third-order valence-corrected chi connectivity index (χ3v) is 11.9. The van der Waals surface area contributed by atoms with E-state index in [1.807, 2.05) is 30.4 Å². The van der Waals surface area contributed by atoms with Gasteiger partial charge in [0.25, 0.3) is 0 Å². The van der Waals surface area contributed by atoms with E-state index in [0.29, 0.717) is 27.1 Å². The summed E-state index contributed by atoms with van der Waals surface area (Å²) in [5.41, 5.74) is -0.121. The first kappa shape index (κ1) is 26.7. The van der Waals surface area contributed by atoms with Crippen LogP contribution in [0.2, 0.25) is 0 Å². The van der Waals surface area contributed by atoms with Gasteiger partial charge in [-0.15, -0.1) is 0 Å². The molecule has 0 amide bonds. The Labute approximate surface area is 241 Å². The molecule has 3 aromatic carbocycles. The van der Waals surface area contributed by atoms with Gasteiger partial charge in [0.2, 0.25) is 5.71 Å². The van der Waals surface area contributed by atoms with Crippen molar-refractivity contribution in [2.24, 2.45) is 0 Å². The van der Waals surface area contributed by atoms with Crippen molar-refractivity contribution in [3.05, 3.63) is 117 Å². The molecule has 4 aliphatic rings. The van der Waals surface area contributed by atoms with Crippen LogP contribution in [-0.4, -0.2) is 42.4 Å². The number of rotatable bonds is 4. The highest BCUT2D eigenvalue weighted by Gasteiger charge is 2.45. The maximum atomic E-state index is 16.1. The molecule has 0 saturated carbocycles. The molecule has 3 heterocycles. The van der Waals surface area contributed by atoms with Crippen molar-refractivity contribution in [2.75, 3.05) is 31.1 Å². The zero-order chi connectivity index (χ0) is 29.3. The van der Waals surface area contributed by atoms with Gasteiger partial charge in [0.05, 0.1) is 12.4 Å². The molecule has 0 bridgehead atoms. The van der Waals surface area contributed by atoms with E-state index in [9.17, 15) is 14.3 Å². The Balaban J connectivity index is 1.64. The zero-order valence-corrected chi connectivity index (χ0v) is 23.7. The van der Waals surface area contributed by atoms with Gasteiger partial charge in [-0.1, -0.05) is 36.4 Å². The van der Waals surface area contributed by atoms with E-state index < -0.39 is 47.3 Å². The minimum Gasteiger partial charge on any atom is -0.545 e. The van der Waals surface area contributed by atoms with Crippen molar-refractivity contribution in [1.29, 1.82) is 0 Å². The lowest BCUT2D eigenvalue weighted by molar-refractivity contribution is -0.582. The number of fused-ring (bicyclic) bond motifs is 2. The quantitative estimate of drug-likeness (QED) is 0.258. The van der Waals surface area contributed by atoms with Crippen LogP contribution in [0.25, 0.3) is 5.57 Å². The van der Waals surface area contributed by atoms with E-state index in [4.69, 9.17) is 0 Å². The number of anilines is 1. The number of nitrogens with zero attached hydrogens (tertiary/aromatic N) is 2. The van der Waals surface area contributed by atoms with Crippen LogP contribution in [0.1, 0.15) is 39.9 Å². The Hall–Kier alpha value is -4.16. The van der Waals surface area contributed by atoms with Gasteiger partial charge < -0.3 is 19.4 Å². The second-order valence-electron chi connectivity index (χ2n) is 11.0. The van der Waals surface area contributed by atoms with Gasteiger partial charge in [0, 0.05) is 69.1 Å². The minimum atomic E-state index is -3.62. The van der Waals surface area contributed by atoms with Crippen LogP contribution in [0.4, 0.5) is 18.9 Å². The normalized spacial score (nSPS) is 21.0. The van der Waals surface area contributed by atoms with Gasteiger partial charge in [0.1, 0.15) is 18.9 Å². The first-order chi connectivity index (χ1) is 20.2. The summed E-state index contributed by atoms with van der Waals surface area (Å²) < 4.78 is 63.9. The molecule has 0 radical (unpaired) electrons. The number of benzene rings is 3. The van der Waals surface area contributed by atoms with Crippen LogP contribution in [0.15, 0.2) is 77.6 Å². The molecule has 1 unspecified atom stereocenters.